The van der Waals surface area contributed by atoms with E-state index in [4.69, 9.17) is 5.11 Å². The molecule has 1 aliphatic carbocycles. The summed E-state index contributed by atoms with van der Waals surface area (Å²) in [5.41, 5.74) is -0.488. The molecule has 0 saturated heterocycles. The first kappa shape index (κ1) is 16.2. The van der Waals surface area contributed by atoms with Crippen LogP contribution < -0.4 is 0 Å². The first-order valence-corrected chi connectivity index (χ1v) is 7.05. The molecule has 1 heterocycles. The number of nitrogens with zero attached hydrogens (tertiary/aromatic N) is 1. The van der Waals surface area contributed by atoms with Crippen LogP contribution in [0.5, 0.6) is 11.5 Å². The molecule has 0 fully saturated rings. The van der Waals surface area contributed by atoms with E-state index in [1.54, 1.807) is 0 Å². The molecule has 1 aromatic rings. The van der Waals surface area contributed by atoms with Crippen LogP contribution in [0.4, 0.5) is 0 Å². The maximum atomic E-state index is 12.7. The van der Waals surface area contributed by atoms with Gasteiger partial charge in [-0.25, -0.2) is 9.79 Å². The molecule has 1 unspecified atom stereocenters. The predicted molar refractivity (Wildman–Crippen MR) is 84.5 cm³/mol. The van der Waals surface area contributed by atoms with Crippen LogP contribution in [0.1, 0.15) is 10.4 Å². The molecule has 1 aliphatic heterocycles. The van der Waals surface area contributed by atoms with E-state index in [0.29, 0.717) is 0 Å². The van der Waals surface area contributed by atoms with E-state index in [-0.39, 0.29) is 16.8 Å². The number of carbonyl (C=O) groups is 3. The van der Waals surface area contributed by atoms with Crippen LogP contribution in [0.25, 0.3) is 0 Å². The summed E-state index contributed by atoms with van der Waals surface area (Å²) in [7, 11) is 0. The van der Waals surface area contributed by atoms with Gasteiger partial charge < -0.3 is 20.4 Å². The van der Waals surface area contributed by atoms with E-state index in [1.165, 1.54) is 6.07 Å². The van der Waals surface area contributed by atoms with Crippen molar-refractivity contribution in [3.8, 4) is 11.5 Å². The molecular weight excluding hydrogens is 330 g/mol. The second-order valence-electron chi connectivity index (χ2n) is 5.40. The Labute approximate surface area is 140 Å². The lowest BCUT2D eigenvalue weighted by Gasteiger charge is -2.23. The van der Waals surface area contributed by atoms with E-state index < -0.39 is 46.4 Å². The first-order chi connectivity index (χ1) is 11.8. The van der Waals surface area contributed by atoms with Crippen molar-refractivity contribution in [1.82, 2.24) is 0 Å². The van der Waals surface area contributed by atoms with Crippen molar-refractivity contribution in [1.29, 1.82) is 0 Å². The summed E-state index contributed by atoms with van der Waals surface area (Å²) in [6.07, 6.45) is 3.31. The number of allylic oxidation sites excluding steroid dienone is 4. The molecule has 8 nitrogen and oxygen atoms in total. The van der Waals surface area contributed by atoms with Crippen molar-refractivity contribution >= 4 is 23.2 Å². The Bertz CT molecular complexity index is 950. The lowest BCUT2D eigenvalue weighted by Crippen LogP contribution is -2.30. The Morgan fingerprint density at radius 3 is 2.40 bits per heavy atom. The Morgan fingerprint density at radius 2 is 1.76 bits per heavy atom. The Hall–Kier alpha value is -3.68. The van der Waals surface area contributed by atoms with Gasteiger partial charge in [0.05, 0.1) is 5.92 Å². The number of hydrogen-bond donors (Lipinski definition) is 4. The predicted octanol–water partition coefficient (Wildman–Crippen LogP) is 1.27. The number of carbonyl (C=O) groups excluding carboxylic acids is 2. The summed E-state index contributed by atoms with van der Waals surface area (Å²) in [6, 6.07) is 3.36. The average molecular weight is 341 g/mol. The number of hydrogen-bond acceptors (Lipinski definition) is 7. The molecule has 1 aromatic carbocycles. The molecule has 25 heavy (non-hydrogen) atoms. The number of aliphatic carboxylic acids is 1. The van der Waals surface area contributed by atoms with Crippen molar-refractivity contribution in [2.24, 2.45) is 10.9 Å². The normalized spacial score (nSPS) is 19.2. The van der Waals surface area contributed by atoms with Crippen LogP contribution in [0.3, 0.4) is 0 Å². The molecule has 0 saturated carbocycles. The number of fused-ring (bicyclic) bond motifs is 1. The monoisotopic (exact) mass is 341 g/mol. The Morgan fingerprint density at radius 1 is 1.04 bits per heavy atom. The highest BCUT2D eigenvalue weighted by Crippen LogP contribution is 2.31. The molecule has 2 aliphatic rings. The third kappa shape index (κ3) is 2.80. The highest BCUT2D eigenvalue weighted by atomic mass is 16.4. The number of ketones is 2. The van der Waals surface area contributed by atoms with Gasteiger partial charge in [0.15, 0.2) is 17.3 Å². The molecule has 0 amide bonds. The SMILES string of the molecule is O=C(O)C1=CC2=CC(=O)C(O)=CC2C(C(=O)c2ccc(O)c(O)c2)=N1. The minimum Gasteiger partial charge on any atom is -0.504 e. The summed E-state index contributed by atoms with van der Waals surface area (Å²) in [5.74, 6) is -5.22. The Balaban J connectivity index is 2.11. The summed E-state index contributed by atoms with van der Waals surface area (Å²) < 4.78 is 0. The molecule has 1 atom stereocenters. The van der Waals surface area contributed by atoms with Gasteiger partial charge in [-0.3, -0.25) is 9.59 Å². The second kappa shape index (κ2) is 5.75. The van der Waals surface area contributed by atoms with E-state index in [9.17, 15) is 29.7 Å². The van der Waals surface area contributed by atoms with Crippen molar-refractivity contribution in [2.75, 3.05) is 0 Å². The van der Waals surface area contributed by atoms with Gasteiger partial charge in [0, 0.05) is 5.56 Å². The zero-order valence-electron chi connectivity index (χ0n) is 12.5. The number of phenolic OH excluding ortho intramolecular Hbond substituents is 2. The molecular formula is C17H11NO7. The van der Waals surface area contributed by atoms with E-state index >= 15 is 0 Å². The van der Waals surface area contributed by atoms with Crippen molar-refractivity contribution in [3.05, 3.63) is 59.0 Å². The fourth-order valence-corrected chi connectivity index (χ4v) is 2.52. The smallest absolute Gasteiger partial charge is 0.354 e. The average Bonchev–Trinajstić information content (AvgIpc) is 2.57. The lowest BCUT2D eigenvalue weighted by molar-refractivity contribution is -0.132. The van der Waals surface area contributed by atoms with Gasteiger partial charge in [0.1, 0.15) is 11.4 Å². The molecule has 126 valence electrons. The highest BCUT2D eigenvalue weighted by molar-refractivity contribution is 6.48. The number of aliphatic hydroxyl groups is 1. The fourth-order valence-electron chi connectivity index (χ4n) is 2.52. The zero-order chi connectivity index (χ0) is 18.3. The van der Waals surface area contributed by atoms with Crippen molar-refractivity contribution in [3.63, 3.8) is 0 Å². The third-order valence-electron chi connectivity index (χ3n) is 3.76. The lowest BCUT2D eigenvalue weighted by atomic mass is 9.82. The van der Waals surface area contributed by atoms with Crippen LogP contribution in [0, 0.1) is 5.92 Å². The summed E-state index contributed by atoms with van der Waals surface area (Å²) in [6.45, 7) is 0. The summed E-state index contributed by atoms with van der Waals surface area (Å²) >= 11 is 0. The van der Waals surface area contributed by atoms with Gasteiger partial charge in [-0.1, -0.05) is 0 Å². The van der Waals surface area contributed by atoms with Crippen LogP contribution in [0.2, 0.25) is 0 Å². The number of rotatable bonds is 3. The molecule has 3 rings (SSSR count). The number of aliphatic imine (C=N–C) groups is 1. The maximum Gasteiger partial charge on any atom is 0.354 e. The largest absolute Gasteiger partial charge is 0.504 e. The van der Waals surface area contributed by atoms with E-state index in [0.717, 1.165) is 30.4 Å². The fraction of sp³-hybridized carbons (Fsp3) is 0.0588. The molecule has 0 aromatic heterocycles. The number of benzene rings is 1. The Kier molecular flexibility index (Phi) is 3.72. The third-order valence-corrected chi connectivity index (χ3v) is 3.76. The van der Waals surface area contributed by atoms with Gasteiger partial charge >= 0.3 is 5.97 Å². The zero-order valence-corrected chi connectivity index (χ0v) is 12.5. The maximum absolute atomic E-state index is 12.7. The van der Waals surface area contributed by atoms with Crippen molar-refractivity contribution in [2.45, 2.75) is 0 Å². The first-order valence-electron chi connectivity index (χ1n) is 7.05. The molecule has 0 spiro atoms. The van der Waals surface area contributed by atoms with Gasteiger partial charge in [-0.05, 0) is 42.0 Å². The summed E-state index contributed by atoms with van der Waals surface area (Å²) in [5, 5.41) is 37.7. The van der Waals surface area contributed by atoms with E-state index in [1.807, 2.05) is 0 Å². The van der Waals surface area contributed by atoms with Crippen LogP contribution >= 0.6 is 0 Å². The number of phenols is 2. The number of Topliss-reactive ketones (excluding diaryl/α,β-unsaturated/α-hetero) is 1. The van der Waals surface area contributed by atoms with Gasteiger partial charge in [-0.2, -0.15) is 0 Å². The van der Waals surface area contributed by atoms with Gasteiger partial charge in [-0.15, -0.1) is 0 Å². The minimum atomic E-state index is -1.38. The standard InChI is InChI=1S/C17H11NO7/c19-11-2-1-7(4-12(11)20)16(23)15-9-6-14(22)13(21)5-8(9)3-10(18-15)17(24)25/h1-6,9,19-20,22H,(H,24,25). The van der Waals surface area contributed by atoms with E-state index in [2.05, 4.69) is 4.99 Å². The summed E-state index contributed by atoms with van der Waals surface area (Å²) in [4.78, 5) is 39.4. The topological polar surface area (TPSA) is 144 Å². The number of aromatic hydroxyl groups is 2. The molecule has 4 N–H and O–H groups in total. The quantitative estimate of drug-likeness (QED) is 0.478. The number of aliphatic hydroxyl groups excluding tert-OH is 1. The molecule has 0 bridgehead atoms. The number of carboxylic acids is 1. The minimum absolute atomic E-state index is 0.0372. The second-order valence-corrected chi connectivity index (χ2v) is 5.40. The van der Waals surface area contributed by atoms with Gasteiger partial charge in [0.2, 0.25) is 11.6 Å². The van der Waals surface area contributed by atoms with Gasteiger partial charge in [0.25, 0.3) is 0 Å². The highest BCUT2D eigenvalue weighted by Gasteiger charge is 2.34. The van der Waals surface area contributed by atoms with Crippen LogP contribution in [0.15, 0.2) is 58.4 Å². The number of carboxylic acid groups (broad SMARTS) is 1. The van der Waals surface area contributed by atoms with Crippen LogP contribution in [-0.4, -0.2) is 43.7 Å². The van der Waals surface area contributed by atoms with Crippen molar-refractivity contribution < 1.29 is 34.8 Å². The molecule has 8 heteroatoms. The van der Waals surface area contributed by atoms with Crippen LogP contribution in [-0.2, 0) is 9.59 Å². The molecule has 0 radical (unpaired) electrons.